The van der Waals surface area contributed by atoms with Crippen molar-refractivity contribution in [1.82, 2.24) is 10.3 Å². The second kappa shape index (κ2) is 9.75. The fourth-order valence-corrected chi connectivity index (χ4v) is 3.38. The summed E-state index contributed by atoms with van der Waals surface area (Å²) in [5.74, 6) is -0.984. The third kappa shape index (κ3) is 6.36. The van der Waals surface area contributed by atoms with Gasteiger partial charge in [-0.3, -0.25) is 9.59 Å². The second-order valence-corrected chi connectivity index (χ2v) is 7.51. The van der Waals surface area contributed by atoms with Gasteiger partial charge in [0.15, 0.2) is 5.13 Å². The van der Waals surface area contributed by atoms with E-state index in [-0.39, 0.29) is 17.6 Å². The van der Waals surface area contributed by atoms with Crippen LogP contribution in [0.4, 0.5) is 9.52 Å². The third-order valence-corrected chi connectivity index (χ3v) is 4.97. The van der Waals surface area contributed by atoms with Crippen LogP contribution in [0.5, 0.6) is 0 Å². The molecule has 3 aromatic rings. The number of carbonyl (C=O) groups is 2. The highest BCUT2D eigenvalue weighted by molar-refractivity contribution is 7.15. The minimum Gasteiger partial charge on any atom is -0.341 e. The lowest BCUT2D eigenvalue weighted by molar-refractivity contribution is -0.123. The van der Waals surface area contributed by atoms with Crippen LogP contribution in [0.2, 0.25) is 0 Å². The number of carbonyl (C=O) groups excluding carboxylic acids is 2. The van der Waals surface area contributed by atoms with Crippen molar-refractivity contribution in [2.45, 2.75) is 19.4 Å². The Morgan fingerprint density at radius 1 is 1.14 bits per heavy atom. The highest BCUT2D eigenvalue weighted by Crippen LogP contribution is 2.21. The molecule has 1 heterocycles. The first-order valence-corrected chi connectivity index (χ1v) is 9.85. The van der Waals surface area contributed by atoms with Crippen molar-refractivity contribution in [2.24, 2.45) is 0 Å². The Hall–Kier alpha value is -3.32. The van der Waals surface area contributed by atoms with Crippen molar-refractivity contribution in [1.29, 1.82) is 0 Å². The first kappa shape index (κ1) is 20.4. The van der Waals surface area contributed by atoms with Crippen LogP contribution >= 0.6 is 11.3 Å². The number of halogens is 1. The molecule has 1 unspecified atom stereocenters. The van der Waals surface area contributed by atoms with Crippen LogP contribution < -0.4 is 10.6 Å². The second-order valence-electron chi connectivity index (χ2n) is 6.40. The maximum Gasteiger partial charge on any atom is 0.248 e. The first-order valence-electron chi connectivity index (χ1n) is 9.03. The van der Waals surface area contributed by atoms with Crippen molar-refractivity contribution in [3.8, 4) is 0 Å². The predicted octanol–water partition coefficient (Wildman–Crippen LogP) is 4.03. The van der Waals surface area contributed by atoms with E-state index in [1.165, 1.54) is 29.5 Å². The predicted molar refractivity (Wildman–Crippen MR) is 113 cm³/mol. The Balaban J connectivity index is 1.50. The van der Waals surface area contributed by atoms with E-state index in [2.05, 4.69) is 15.6 Å². The van der Waals surface area contributed by atoms with Gasteiger partial charge in [0.05, 0.1) is 0 Å². The number of benzene rings is 2. The van der Waals surface area contributed by atoms with Crippen LogP contribution in [0.1, 0.15) is 22.9 Å². The third-order valence-electron chi connectivity index (χ3n) is 4.05. The summed E-state index contributed by atoms with van der Waals surface area (Å²) in [6.07, 6.45) is 5.35. The maximum atomic E-state index is 13.0. The molecular formula is C22H20FN3O2S. The molecule has 2 N–H and O–H groups in total. The zero-order chi connectivity index (χ0) is 20.6. The number of hydrogen-bond acceptors (Lipinski definition) is 4. The van der Waals surface area contributed by atoms with Gasteiger partial charge >= 0.3 is 0 Å². The summed E-state index contributed by atoms with van der Waals surface area (Å²) in [7, 11) is 0. The Morgan fingerprint density at radius 2 is 1.86 bits per heavy atom. The molecule has 5 nitrogen and oxygen atoms in total. The lowest BCUT2D eigenvalue weighted by Gasteiger charge is -2.11. The van der Waals surface area contributed by atoms with Crippen molar-refractivity contribution in [3.63, 3.8) is 0 Å². The van der Waals surface area contributed by atoms with Crippen molar-refractivity contribution in [3.05, 3.63) is 88.7 Å². The van der Waals surface area contributed by atoms with E-state index in [1.807, 2.05) is 30.3 Å². The van der Waals surface area contributed by atoms with E-state index in [0.29, 0.717) is 11.6 Å². The van der Waals surface area contributed by atoms with Gasteiger partial charge in [0, 0.05) is 23.6 Å². The van der Waals surface area contributed by atoms with Gasteiger partial charge in [-0.2, -0.15) is 0 Å². The summed E-state index contributed by atoms with van der Waals surface area (Å²) in [6.45, 7) is 1.61. The highest BCUT2D eigenvalue weighted by Gasteiger charge is 2.16. The van der Waals surface area contributed by atoms with Gasteiger partial charge in [0.1, 0.15) is 11.9 Å². The normalized spacial score (nSPS) is 11.9. The molecule has 0 aliphatic heterocycles. The van der Waals surface area contributed by atoms with Crippen LogP contribution in [0.15, 0.2) is 66.9 Å². The Bertz CT molecular complexity index is 1000. The number of nitrogens with one attached hydrogen (secondary N) is 2. The van der Waals surface area contributed by atoms with Crippen LogP contribution in [0.25, 0.3) is 6.08 Å². The topological polar surface area (TPSA) is 71.1 Å². The van der Waals surface area contributed by atoms with E-state index in [0.717, 1.165) is 16.0 Å². The molecule has 0 spiro atoms. The summed E-state index contributed by atoms with van der Waals surface area (Å²) in [6, 6.07) is 15.0. The van der Waals surface area contributed by atoms with Crippen molar-refractivity contribution >= 4 is 34.4 Å². The number of amides is 2. The van der Waals surface area contributed by atoms with E-state index >= 15 is 0 Å². The van der Waals surface area contributed by atoms with E-state index in [1.54, 1.807) is 31.3 Å². The summed E-state index contributed by atoms with van der Waals surface area (Å²) in [5, 5.41) is 5.78. The number of hydrogen-bond donors (Lipinski definition) is 2. The van der Waals surface area contributed by atoms with E-state index in [4.69, 9.17) is 0 Å². The Kier molecular flexibility index (Phi) is 6.86. The molecule has 0 fully saturated rings. The molecule has 0 saturated heterocycles. The number of rotatable bonds is 7. The lowest BCUT2D eigenvalue weighted by Crippen LogP contribution is -2.40. The lowest BCUT2D eigenvalue weighted by atomic mass is 10.1. The minimum absolute atomic E-state index is 0.277. The quantitative estimate of drug-likeness (QED) is 0.579. The molecule has 1 atom stereocenters. The molecule has 29 heavy (non-hydrogen) atoms. The Labute approximate surface area is 172 Å². The molecule has 0 aliphatic carbocycles. The molecule has 148 valence electrons. The SMILES string of the molecule is CC(NC(=O)/C=C/c1ccccc1)C(=O)Nc1ncc(Cc2ccc(F)cc2)s1. The minimum atomic E-state index is -0.715. The molecule has 2 amide bonds. The smallest absolute Gasteiger partial charge is 0.248 e. The molecule has 0 aliphatic rings. The Morgan fingerprint density at radius 3 is 2.59 bits per heavy atom. The standard InChI is InChI=1S/C22H20FN3O2S/c1-15(25-20(27)12-9-16-5-3-2-4-6-16)21(28)26-22-24-14-19(29-22)13-17-7-10-18(23)11-8-17/h2-12,14-15H,13H2,1H3,(H,25,27)(H,24,26,28)/b12-9+. The van der Waals surface area contributed by atoms with Gasteiger partial charge in [0.2, 0.25) is 11.8 Å². The monoisotopic (exact) mass is 409 g/mol. The summed E-state index contributed by atoms with van der Waals surface area (Å²) >= 11 is 1.34. The fraction of sp³-hybridized carbons (Fsp3) is 0.136. The summed E-state index contributed by atoms with van der Waals surface area (Å²) in [5.41, 5.74) is 1.86. The molecule has 3 rings (SSSR count). The van der Waals surface area contributed by atoms with Crippen LogP contribution in [-0.2, 0) is 16.0 Å². The average Bonchev–Trinajstić information content (AvgIpc) is 3.15. The maximum absolute atomic E-state index is 13.0. The van der Waals surface area contributed by atoms with Gasteiger partial charge in [-0.05, 0) is 36.3 Å². The van der Waals surface area contributed by atoms with Gasteiger partial charge in [0.25, 0.3) is 0 Å². The van der Waals surface area contributed by atoms with Gasteiger partial charge in [-0.25, -0.2) is 9.37 Å². The zero-order valence-electron chi connectivity index (χ0n) is 15.8. The van der Waals surface area contributed by atoms with Gasteiger partial charge in [-0.15, -0.1) is 11.3 Å². The highest BCUT2D eigenvalue weighted by atomic mass is 32.1. The summed E-state index contributed by atoms with van der Waals surface area (Å²) < 4.78 is 13.0. The molecule has 7 heteroatoms. The van der Waals surface area contributed by atoms with E-state index in [9.17, 15) is 14.0 Å². The van der Waals surface area contributed by atoms with Crippen molar-refractivity contribution in [2.75, 3.05) is 5.32 Å². The van der Waals surface area contributed by atoms with E-state index < -0.39 is 6.04 Å². The largest absolute Gasteiger partial charge is 0.341 e. The average molecular weight is 409 g/mol. The number of aromatic nitrogens is 1. The molecule has 2 aromatic carbocycles. The molecule has 1 aromatic heterocycles. The van der Waals surface area contributed by atoms with Crippen LogP contribution in [0, 0.1) is 5.82 Å². The van der Waals surface area contributed by atoms with Crippen LogP contribution in [-0.4, -0.2) is 22.8 Å². The zero-order valence-corrected chi connectivity index (χ0v) is 16.6. The first-order chi connectivity index (χ1) is 14.0. The van der Waals surface area contributed by atoms with Gasteiger partial charge in [-0.1, -0.05) is 42.5 Å². The molecular weight excluding hydrogens is 389 g/mol. The van der Waals surface area contributed by atoms with Crippen LogP contribution in [0.3, 0.4) is 0 Å². The van der Waals surface area contributed by atoms with Gasteiger partial charge < -0.3 is 10.6 Å². The number of thiazole rings is 1. The molecule has 0 bridgehead atoms. The fourth-order valence-electron chi connectivity index (χ4n) is 2.53. The molecule has 0 radical (unpaired) electrons. The number of anilines is 1. The summed E-state index contributed by atoms with van der Waals surface area (Å²) in [4.78, 5) is 29.4. The number of nitrogens with zero attached hydrogens (tertiary/aromatic N) is 1. The van der Waals surface area contributed by atoms with Crippen molar-refractivity contribution < 1.29 is 14.0 Å². The molecule has 0 saturated carbocycles.